The molecule has 18 heavy (non-hydrogen) atoms. The van der Waals surface area contributed by atoms with Gasteiger partial charge in [-0.25, -0.2) is 4.79 Å². The molecule has 1 aliphatic carbocycles. The highest BCUT2D eigenvalue weighted by molar-refractivity contribution is 5.77. The predicted molar refractivity (Wildman–Crippen MR) is 68.5 cm³/mol. The number of carbonyl (C=O) groups excluding carboxylic acids is 1. The lowest BCUT2D eigenvalue weighted by Crippen LogP contribution is -2.57. The second-order valence-corrected chi connectivity index (χ2v) is 5.01. The zero-order valence-corrected chi connectivity index (χ0v) is 11.2. The van der Waals surface area contributed by atoms with Crippen molar-refractivity contribution in [2.45, 2.75) is 37.6 Å². The molecule has 0 aliphatic heterocycles. The minimum atomic E-state index is -0.854. The van der Waals surface area contributed by atoms with Crippen molar-refractivity contribution in [2.75, 3.05) is 27.2 Å². The number of rotatable bonds is 7. The molecule has 0 aromatic rings. The monoisotopic (exact) mass is 257 g/mol. The summed E-state index contributed by atoms with van der Waals surface area (Å²) in [7, 11) is 3.61. The number of nitrogens with zero attached hydrogens (tertiary/aromatic N) is 1. The molecule has 3 N–H and O–H groups in total. The Morgan fingerprint density at radius 2 is 2.06 bits per heavy atom. The van der Waals surface area contributed by atoms with Gasteiger partial charge in [0, 0.05) is 13.6 Å². The molecule has 2 amide bonds. The van der Waals surface area contributed by atoms with Crippen LogP contribution in [0.25, 0.3) is 0 Å². The fourth-order valence-electron chi connectivity index (χ4n) is 2.16. The quantitative estimate of drug-likeness (QED) is 0.584. The summed E-state index contributed by atoms with van der Waals surface area (Å²) < 4.78 is 0. The van der Waals surface area contributed by atoms with E-state index in [4.69, 9.17) is 5.11 Å². The van der Waals surface area contributed by atoms with Gasteiger partial charge >= 0.3 is 12.0 Å². The molecule has 0 radical (unpaired) electrons. The lowest BCUT2D eigenvalue weighted by Gasteiger charge is -2.42. The number of carboxylic acids is 1. The minimum absolute atomic E-state index is 0.0170. The van der Waals surface area contributed by atoms with Gasteiger partial charge in [-0.2, -0.15) is 0 Å². The van der Waals surface area contributed by atoms with Gasteiger partial charge in [0.15, 0.2) is 0 Å². The average molecular weight is 257 g/mol. The van der Waals surface area contributed by atoms with Crippen LogP contribution < -0.4 is 10.6 Å². The van der Waals surface area contributed by atoms with Gasteiger partial charge in [0.2, 0.25) is 0 Å². The second kappa shape index (κ2) is 6.58. The molecule has 6 heteroatoms. The van der Waals surface area contributed by atoms with Crippen molar-refractivity contribution in [3.8, 4) is 0 Å². The van der Waals surface area contributed by atoms with E-state index >= 15 is 0 Å². The first-order valence-electron chi connectivity index (χ1n) is 6.39. The van der Waals surface area contributed by atoms with E-state index in [1.807, 2.05) is 7.05 Å². The third-order valence-corrected chi connectivity index (χ3v) is 3.44. The van der Waals surface area contributed by atoms with Crippen molar-refractivity contribution in [1.82, 2.24) is 15.5 Å². The highest BCUT2D eigenvalue weighted by Crippen LogP contribution is 2.35. The molecule has 0 aromatic heterocycles. The van der Waals surface area contributed by atoms with Crippen LogP contribution in [0.5, 0.6) is 0 Å². The van der Waals surface area contributed by atoms with Gasteiger partial charge < -0.3 is 20.6 Å². The molecule has 0 atom stereocenters. The number of amides is 2. The highest BCUT2D eigenvalue weighted by atomic mass is 16.4. The Morgan fingerprint density at radius 1 is 1.39 bits per heavy atom. The SMILES string of the molecule is CNCCCN(C)C(=O)NC1(CC(=O)O)CCC1. The maximum atomic E-state index is 11.9. The summed E-state index contributed by atoms with van der Waals surface area (Å²) in [5.74, 6) is -0.854. The van der Waals surface area contributed by atoms with Crippen molar-refractivity contribution in [1.29, 1.82) is 0 Å². The van der Waals surface area contributed by atoms with Crippen LogP contribution in [0, 0.1) is 0 Å². The molecular formula is C12H23N3O3. The van der Waals surface area contributed by atoms with Crippen LogP contribution in [0.15, 0.2) is 0 Å². The summed E-state index contributed by atoms with van der Waals surface area (Å²) in [6, 6.07) is -0.174. The molecule has 1 rings (SSSR count). The molecule has 0 heterocycles. The smallest absolute Gasteiger partial charge is 0.317 e. The molecule has 0 aromatic carbocycles. The Labute approximate surface area is 108 Å². The van der Waals surface area contributed by atoms with E-state index < -0.39 is 11.5 Å². The second-order valence-electron chi connectivity index (χ2n) is 5.01. The van der Waals surface area contributed by atoms with Crippen molar-refractivity contribution in [3.63, 3.8) is 0 Å². The van der Waals surface area contributed by atoms with Crippen LogP contribution >= 0.6 is 0 Å². The molecule has 1 saturated carbocycles. The van der Waals surface area contributed by atoms with E-state index in [9.17, 15) is 9.59 Å². The van der Waals surface area contributed by atoms with Crippen LogP contribution in [-0.2, 0) is 4.79 Å². The predicted octanol–water partition coefficient (Wildman–Crippen LogP) is 0.635. The van der Waals surface area contributed by atoms with Crippen molar-refractivity contribution < 1.29 is 14.7 Å². The van der Waals surface area contributed by atoms with Crippen molar-refractivity contribution in [3.05, 3.63) is 0 Å². The molecule has 1 aliphatic rings. The molecule has 6 nitrogen and oxygen atoms in total. The maximum Gasteiger partial charge on any atom is 0.317 e. The summed E-state index contributed by atoms with van der Waals surface area (Å²) in [5, 5.41) is 14.8. The molecule has 0 unspecified atom stereocenters. The first kappa shape index (κ1) is 14.8. The molecule has 0 saturated heterocycles. The lowest BCUT2D eigenvalue weighted by atomic mass is 9.74. The van der Waals surface area contributed by atoms with E-state index in [-0.39, 0.29) is 12.5 Å². The van der Waals surface area contributed by atoms with Crippen LogP contribution in [0.1, 0.15) is 32.1 Å². The molecule has 1 fully saturated rings. The summed E-state index contributed by atoms with van der Waals surface area (Å²) in [5.41, 5.74) is -0.514. The standard InChI is InChI=1S/C12H23N3O3/c1-13-7-4-8-15(2)11(18)14-12(5-3-6-12)9-10(16)17/h13H,3-9H2,1-2H3,(H,14,18)(H,16,17). The van der Waals surface area contributed by atoms with Crippen molar-refractivity contribution >= 4 is 12.0 Å². The third kappa shape index (κ3) is 4.18. The van der Waals surface area contributed by atoms with E-state index in [0.717, 1.165) is 32.2 Å². The largest absolute Gasteiger partial charge is 0.481 e. The van der Waals surface area contributed by atoms with Gasteiger partial charge in [-0.05, 0) is 39.3 Å². The van der Waals surface area contributed by atoms with Gasteiger partial charge in [0.05, 0.1) is 12.0 Å². The summed E-state index contributed by atoms with van der Waals surface area (Å²) in [4.78, 5) is 24.3. The van der Waals surface area contributed by atoms with Gasteiger partial charge in [-0.3, -0.25) is 4.79 Å². The topological polar surface area (TPSA) is 81.7 Å². The first-order chi connectivity index (χ1) is 8.49. The van der Waals surface area contributed by atoms with E-state index in [1.165, 1.54) is 0 Å². The fourth-order valence-corrected chi connectivity index (χ4v) is 2.16. The number of hydrogen-bond donors (Lipinski definition) is 3. The third-order valence-electron chi connectivity index (χ3n) is 3.44. The Balaban J connectivity index is 2.39. The Hall–Kier alpha value is -1.30. The van der Waals surface area contributed by atoms with Crippen LogP contribution in [-0.4, -0.2) is 54.7 Å². The summed E-state index contributed by atoms with van der Waals surface area (Å²) in [6.07, 6.45) is 3.40. The normalized spacial score (nSPS) is 16.8. The first-order valence-corrected chi connectivity index (χ1v) is 6.39. The fraction of sp³-hybridized carbons (Fsp3) is 0.833. The van der Waals surface area contributed by atoms with Gasteiger partial charge in [0.1, 0.15) is 0 Å². The summed E-state index contributed by atoms with van der Waals surface area (Å²) in [6.45, 7) is 1.52. The molecule has 0 spiro atoms. The van der Waals surface area contributed by atoms with Gasteiger partial charge in [-0.1, -0.05) is 0 Å². The van der Waals surface area contributed by atoms with Gasteiger partial charge in [-0.15, -0.1) is 0 Å². The number of urea groups is 1. The number of carboxylic acid groups (broad SMARTS) is 1. The molecular weight excluding hydrogens is 234 g/mol. The zero-order chi connectivity index (χ0) is 13.6. The molecule has 0 bridgehead atoms. The van der Waals surface area contributed by atoms with Crippen LogP contribution in [0.3, 0.4) is 0 Å². The zero-order valence-electron chi connectivity index (χ0n) is 11.2. The lowest BCUT2D eigenvalue weighted by molar-refractivity contribution is -0.139. The Morgan fingerprint density at radius 3 is 2.50 bits per heavy atom. The van der Waals surface area contributed by atoms with E-state index in [1.54, 1.807) is 11.9 Å². The number of carbonyl (C=O) groups is 2. The van der Waals surface area contributed by atoms with E-state index in [0.29, 0.717) is 6.54 Å². The Bertz CT molecular complexity index is 303. The maximum absolute atomic E-state index is 11.9. The van der Waals surface area contributed by atoms with Crippen LogP contribution in [0.4, 0.5) is 4.79 Å². The number of aliphatic carboxylic acids is 1. The molecule has 104 valence electrons. The summed E-state index contributed by atoms with van der Waals surface area (Å²) >= 11 is 0. The Kier molecular flexibility index (Phi) is 5.40. The minimum Gasteiger partial charge on any atom is -0.481 e. The average Bonchev–Trinajstić information content (AvgIpc) is 2.25. The number of hydrogen-bond acceptors (Lipinski definition) is 3. The van der Waals surface area contributed by atoms with Crippen molar-refractivity contribution in [2.24, 2.45) is 0 Å². The highest BCUT2D eigenvalue weighted by Gasteiger charge is 2.40. The number of nitrogens with one attached hydrogen (secondary N) is 2. The van der Waals surface area contributed by atoms with E-state index in [2.05, 4.69) is 10.6 Å². The van der Waals surface area contributed by atoms with Gasteiger partial charge in [0.25, 0.3) is 0 Å². The van der Waals surface area contributed by atoms with Crippen LogP contribution in [0.2, 0.25) is 0 Å².